The molecule has 0 heterocycles. The second kappa shape index (κ2) is 12.4. The average molecular weight is 488 g/mol. The molecule has 3 N–H and O–H groups in total. The van der Waals surface area contributed by atoms with Gasteiger partial charge in [0.25, 0.3) is 0 Å². The zero-order valence-corrected chi connectivity index (χ0v) is 20.0. The molecule has 1 fully saturated rings. The third kappa shape index (κ3) is 9.89. The first-order valence-corrected chi connectivity index (χ1v) is 11.7. The Morgan fingerprint density at radius 3 is 2.29 bits per heavy atom. The van der Waals surface area contributed by atoms with Crippen molar-refractivity contribution in [2.24, 2.45) is 5.92 Å². The summed E-state index contributed by atoms with van der Waals surface area (Å²) < 4.78 is 44.2. The van der Waals surface area contributed by atoms with E-state index < -0.39 is 35.9 Å². The summed E-state index contributed by atoms with van der Waals surface area (Å²) in [4.78, 5) is 24.4. The lowest BCUT2D eigenvalue weighted by Crippen LogP contribution is -2.56. The minimum absolute atomic E-state index is 0.0470. The zero-order valence-electron chi connectivity index (χ0n) is 20.0. The lowest BCUT2D eigenvalue weighted by molar-refractivity contribution is -0.175. The van der Waals surface area contributed by atoms with Crippen molar-refractivity contribution in [3.8, 4) is 0 Å². The summed E-state index contributed by atoms with van der Waals surface area (Å²) in [5.41, 5.74) is 2.84. The number of alkyl halides is 3. The van der Waals surface area contributed by atoms with Crippen molar-refractivity contribution in [3.63, 3.8) is 0 Å². The number of benzene rings is 1. The molecule has 2 atom stereocenters. The molecular formula is C24H36F3N3O4. The van der Waals surface area contributed by atoms with Gasteiger partial charge in [-0.3, -0.25) is 4.79 Å². The van der Waals surface area contributed by atoms with E-state index in [-0.39, 0.29) is 13.0 Å². The average Bonchev–Trinajstić information content (AvgIpc) is 2.75. The number of aliphatic hydroxyl groups excluding tert-OH is 1. The van der Waals surface area contributed by atoms with Gasteiger partial charge in [-0.2, -0.15) is 13.2 Å². The Morgan fingerprint density at radius 1 is 1.12 bits per heavy atom. The number of rotatable bonds is 9. The highest BCUT2D eigenvalue weighted by Gasteiger charge is 2.41. The van der Waals surface area contributed by atoms with E-state index in [1.165, 1.54) is 6.42 Å². The van der Waals surface area contributed by atoms with E-state index in [1.54, 1.807) is 51.1 Å². The maximum atomic E-state index is 12.9. The van der Waals surface area contributed by atoms with Crippen LogP contribution >= 0.6 is 0 Å². The van der Waals surface area contributed by atoms with Crippen LogP contribution in [-0.4, -0.2) is 59.1 Å². The van der Waals surface area contributed by atoms with Crippen LogP contribution in [0.3, 0.4) is 0 Å². The molecule has 0 unspecified atom stereocenters. The van der Waals surface area contributed by atoms with Gasteiger partial charge in [0, 0.05) is 6.54 Å². The number of aliphatic hydroxyl groups is 1. The summed E-state index contributed by atoms with van der Waals surface area (Å²) >= 11 is 0. The van der Waals surface area contributed by atoms with Crippen LogP contribution in [0, 0.1) is 5.92 Å². The molecule has 1 aliphatic rings. The first-order valence-electron chi connectivity index (χ1n) is 11.7. The number of carbonyl (C=O) groups is 2. The maximum Gasteiger partial charge on any atom is 0.471 e. The third-order valence-corrected chi connectivity index (χ3v) is 5.62. The van der Waals surface area contributed by atoms with Gasteiger partial charge in [0.1, 0.15) is 5.60 Å². The molecule has 34 heavy (non-hydrogen) atoms. The fourth-order valence-corrected chi connectivity index (χ4v) is 3.87. The van der Waals surface area contributed by atoms with Crippen molar-refractivity contribution in [2.45, 2.75) is 83.2 Å². The summed E-state index contributed by atoms with van der Waals surface area (Å²) in [6.45, 7) is 5.20. The van der Waals surface area contributed by atoms with Gasteiger partial charge in [-0.1, -0.05) is 49.6 Å². The number of carbonyl (C=O) groups excluding carboxylic acids is 2. The quantitative estimate of drug-likeness (QED) is 0.459. The third-order valence-electron chi connectivity index (χ3n) is 5.62. The molecule has 1 aromatic rings. The Balaban J connectivity index is 2.16. The molecule has 1 saturated carbocycles. The van der Waals surface area contributed by atoms with Gasteiger partial charge in [0.2, 0.25) is 0 Å². The SMILES string of the molecule is CC(C)(C)OC(=O)N(C[C@H](O)[C@H](Cc1ccccc1)NC(=O)C(F)(F)F)NCC1CCCCC1. The van der Waals surface area contributed by atoms with E-state index in [2.05, 4.69) is 5.43 Å². The van der Waals surface area contributed by atoms with Crippen molar-refractivity contribution in [1.29, 1.82) is 0 Å². The van der Waals surface area contributed by atoms with Crippen LogP contribution in [0.25, 0.3) is 0 Å². The Bertz CT molecular complexity index is 778. The van der Waals surface area contributed by atoms with Crippen molar-refractivity contribution in [1.82, 2.24) is 15.8 Å². The molecule has 192 valence electrons. The minimum Gasteiger partial charge on any atom is -0.443 e. The van der Waals surface area contributed by atoms with E-state index in [0.29, 0.717) is 18.0 Å². The summed E-state index contributed by atoms with van der Waals surface area (Å²) in [6.07, 6.45) is -1.99. The van der Waals surface area contributed by atoms with Crippen LogP contribution in [0.1, 0.15) is 58.4 Å². The number of hydrogen-bond donors (Lipinski definition) is 3. The maximum absolute atomic E-state index is 12.9. The van der Waals surface area contributed by atoms with Crippen LogP contribution in [-0.2, 0) is 16.0 Å². The smallest absolute Gasteiger partial charge is 0.443 e. The lowest BCUT2D eigenvalue weighted by Gasteiger charge is -2.33. The highest BCUT2D eigenvalue weighted by molar-refractivity contribution is 5.82. The lowest BCUT2D eigenvalue weighted by atomic mass is 9.89. The highest BCUT2D eigenvalue weighted by atomic mass is 19.4. The first kappa shape index (κ1) is 27.9. The molecule has 2 rings (SSSR count). The van der Waals surface area contributed by atoms with E-state index in [9.17, 15) is 27.9 Å². The number of nitrogens with one attached hydrogen (secondary N) is 2. The number of ether oxygens (including phenoxy) is 1. The topological polar surface area (TPSA) is 90.9 Å². The molecule has 1 aliphatic carbocycles. The fourth-order valence-electron chi connectivity index (χ4n) is 3.87. The molecule has 0 bridgehead atoms. The van der Waals surface area contributed by atoms with E-state index in [0.717, 1.165) is 30.7 Å². The van der Waals surface area contributed by atoms with Crippen LogP contribution < -0.4 is 10.7 Å². The van der Waals surface area contributed by atoms with Gasteiger partial charge in [0.05, 0.1) is 18.7 Å². The van der Waals surface area contributed by atoms with Crippen LogP contribution in [0.2, 0.25) is 0 Å². The van der Waals surface area contributed by atoms with Gasteiger partial charge in [-0.15, -0.1) is 0 Å². The summed E-state index contributed by atoms with van der Waals surface area (Å²) in [5, 5.41) is 13.9. The monoisotopic (exact) mass is 487 g/mol. The van der Waals surface area contributed by atoms with Gasteiger partial charge in [-0.05, 0) is 51.5 Å². The predicted molar refractivity (Wildman–Crippen MR) is 122 cm³/mol. The number of hydrazine groups is 1. The highest BCUT2D eigenvalue weighted by Crippen LogP contribution is 2.23. The Labute approximate surface area is 199 Å². The number of halogens is 3. The Kier molecular flexibility index (Phi) is 10.2. The molecule has 0 radical (unpaired) electrons. The molecule has 0 saturated heterocycles. The van der Waals surface area contributed by atoms with E-state index in [4.69, 9.17) is 4.74 Å². The first-order chi connectivity index (χ1) is 15.8. The number of nitrogens with zero attached hydrogens (tertiary/aromatic N) is 1. The summed E-state index contributed by atoms with van der Waals surface area (Å²) in [7, 11) is 0. The number of amides is 2. The fraction of sp³-hybridized carbons (Fsp3) is 0.667. The van der Waals surface area contributed by atoms with E-state index >= 15 is 0 Å². The zero-order chi connectivity index (χ0) is 25.4. The second-order valence-corrected chi connectivity index (χ2v) is 9.79. The molecular weight excluding hydrogens is 451 g/mol. The van der Waals surface area contributed by atoms with Crippen molar-refractivity contribution in [3.05, 3.63) is 35.9 Å². The van der Waals surface area contributed by atoms with Crippen LogP contribution in [0.4, 0.5) is 18.0 Å². The Hall–Kier alpha value is -2.33. The Morgan fingerprint density at radius 2 is 1.74 bits per heavy atom. The second-order valence-electron chi connectivity index (χ2n) is 9.79. The molecule has 0 spiro atoms. The molecule has 0 aromatic heterocycles. The molecule has 2 amide bonds. The van der Waals surface area contributed by atoms with Crippen molar-refractivity contribution in [2.75, 3.05) is 13.1 Å². The summed E-state index contributed by atoms with van der Waals surface area (Å²) in [5.74, 6) is -1.80. The van der Waals surface area contributed by atoms with Crippen molar-refractivity contribution < 1.29 is 32.6 Å². The largest absolute Gasteiger partial charge is 0.471 e. The molecule has 0 aliphatic heterocycles. The number of hydrogen-bond acceptors (Lipinski definition) is 5. The predicted octanol–water partition coefficient (Wildman–Crippen LogP) is 3.96. The van der Waals surface area contributed by atoms with Gasteiger partial charge >= 0.3 is 18.2 Å². The van der Waals surface area contributed by atoms with Gasteiger partial charge in [-0.25, -0.2) is 15.2 Å². The van der Waals surface area contributed by atoms with Crippen LogP contribution in [0.15, 0.2) is 30.3 Å². The normalized spacial score (nSPS) is 17.0. The van der Waals surface area contributed by atoms with Crippen LogP contribution in [0.5, 0.6) is 0 Å². The van der Waals surface area contributed by atoms with Gasteiger partial charge in [0.15, 0.2) is 0 Å². The standard InChI is InChI=1S/C24H36F3N3O4/c1-23(2,3)34-22(33)30(28-15-18-12-8-5-9-13-18)16-20(31)19(29-21(32)24(25,26)27)14-17-10-6-4-7-11-17/h4,6-7,10-11,18-20,28,31H,5,8-9,12-16H2,1-3H3,(H,29,32)/t19-,20-/m0/s1. The molecule has 1 aromatic carbocycles. The molecule has 10 heteroatoms. The van der Waals surface area contributed by atoms with Gasteiger partial charge < -0.3 is 15.2 Å². The minimum atomic E-state index is -5.10. The van der Waals surface area contributed by atoms with Crippen molar-refractivity contribution >= 4 is 12.0 Å². The van der Waals surface area contributed by atoms with E-state index in [1.807, 2.05) is 5.32 Å². The summed E-state index contributed by atoms with van der Waals surface area (Å²) in [6, 6.07) is 7.27. The molecule has 7 nitrogen and oxygen atoms in total.